The molecule has 1 N–H and O–H groups in total. The molecule has 5 nitrogen and oxygen atoms in total. The minimum atomic E-state index is -4.76. The zero-order valence-corrected chi connectivity index (χ0v) is 16.9. The molecule has 0 saturated heterocycles. The molecule has 0 bridgehead atoms. The van der Waals surface area contributed by atoms with Crippen molar-refractivity contribution >= 4 is 11.6 Å². The normalized spacial score (nSPS) is 10.8. The number of rotatable bonds is 7. The van der Waals surface area contributed by atoms with E-state index in [1.165, 1.54) is 30.3 Å². The smallest absolute Gasteiger partial charge is 0.406 e. The molecule has 2 aromatic rings. The predicted octanol–water partition coefficient (Wildman–Crippen LogP) is 4.34. The van der Waals surface area contributed by atoms with Crippen molar-refractivity contribution in [2.24, 2.45) is 0 Å². The number of carbonyl (C=O) groups excluding carboxylic acids is 1. The predicted molar refractivity (Wildman–Crippen MR) is 109 cm³/mol. The summed E-state index contributed by atoms with van der Waals surface area (Å²) in [7, 11) is 3.63. The van der Waals surface area contributed by atoms with Crippen LogP contribution in [0.25, 0.3) is 11.1 Å². The summed E-state index contributed by atoms with van der Waals surface area (Å²) in [6.07, 6.45) is -3.18. The summed E-state index contributed by atoms with van der Waals surface area (Å²) >= 11 is 0. The quantitative estimate of drug-likeness (QED) is 0.681. The number of nitriles is 1. The fourth-order valence-electron chi connectivity index (χ4n) is 3.23. The van der Waals surface area contributed by atoms with E-state index in [1.54, 1.807) is 0 Å². The first-order chi connectivity index (χ1) is 14.1. The lowest BCUT2D eigenvalue weighted by atomic mass is 9.91. The van der Waals surface area contributed by atoms with Gasteiger partial charge in [0, 0.05) is 20.6 Å². The van der Waals surface area contributed by atoms with Gasteiger partial charge in [-0.05, 0) is 59.9 Å². The monoisotopic (exact) mass is 417 g/mol. The zero-order valence-electron chi connectivity index (χ0n) is 16.9. The Morgan fingerprint density at radius 1 is 1.30 bits per heavy atom. The summed E-state index contributed by atoms with van der Waals surface area (Å²) in [5.74, 6) is -0.619. The Morgan fingerprint density at radius 2 is 1.93 bits per heavy atom. The van der Waals surface area contributed by atoms with E-state index in [2.05, 4.69) is 22.7 Å². The number of alkyl halides is 3. The van der Waals surface area contributed by atoms with Crippen LogP contribution in [0.4, 0.5) is 18.9 Å². The molecule has 0 fully saturated rings. The lowest BCUT2D eigenvalue weighted by Gasteiger charge is -2.23. The van der Waals surface area contributed by atoms with E-state index in [9.17, 15) is 23.2 Å². The largest absolute Gasteiger partial charge is 0.573 e. The van der Waals surface area contributed by atoms with E-state index in [-0.39, 0.29) is 11.7 Å². The Morgan fingerprint density at radius 3 is 2.43 bits per heavy atom. The molecule has 0 aliphatic carbocycles. The molecule has 0 aliphatic rings. The fraction of sp³-hybridized carbons (Fsp3) is 0.273. The van der Waals surface area contributed by atoms with E-state index >= 15 is 0 Å². The van der Waals surface area contributed by atoms with Gasteiger partial charge in [0.25, 0.3) is 0 Å². The van der Waals surface area contributed by atoms with Crippen molar-refractivity contribution in [1.29, 1.82) is 5.26 Å². The van der Waals surface area contributed by atoms with Gasteiger partial charge in [-0.15, -0.1) is 13.2 Å². The molecule has 0 radical (unpaired) electrons. The second-order valence-corrected chi connectivity index (χ2v) is 6.76. The highest BCUT2D eigenvalue weighted by atomic mass is 19.4. The topological polar surface area (TPSA) is 65.4 Å². The number of nitrogens with one attached hydrogen (secondary N) is 1. The molecule has 1 amide bonds. The number of benzene rings is 2. The van der Waals surface area contributed by atoms with E-state index in [0.29, 0.717) is 24.1 Å². The zero-order chi connectivity index (χ0) is 22.5. The maximum Gasteiger partial charge on any atom is 0.573 e. The summed E-state index contributed by atoms with van der Waals surface area (Å²) in [5.41, 5.74) is 4.22. The summed E-state index contributed by atoms with van der Waals surface area (Å²) in [4.78, 5) is 13.2. The molecule has 0 heterocycles. The number of amides is 1. The number of hydrogen-bond donors (Lipinski definition) is 1. The van der Waals surface area contributed by atoms with Gasteiger partial charge in [-0.1, -0.05) is 18.7 Å². The molecule has 0 aliphatic heterocycles. The van der Waals surface area contributed by atoms with Crippen molar-refractivity contribution in [1.82, 2.24) is 5.32 Å². The lowest BCUT2D eigenvalue weighted by molar-refractivity contribution is -0.274. The molecule has 2 aromatic carbocycles. The molecule has 158 valence electrons. The summed E-state index contributed by atoms with van der Waals surface area (Å²) in [6.45, 7) is 5.57. The average molecular weight is 417 g/mol. The van der Waals surface area contributed by atoms with Crippen molar-refractivity contribution < 1.29 is 22.7 Å². The molecule has 0 aromatic heterocycles. The van der Waals surface area contributed by atoms with Gasteiger partial charge in [0.15, 0.2) is 0 Å². The molecular weight excluding hydrogens is 395 g/mol. The number of hydrogen-bond acceptors (Lipinski definition) is 4. The first-order valence-electron chi connectivity index (χ1n) is 9.07. The average Bonchev–Trinajstić information content (AvgIpc) is 2.67. The van der Waals surface area contributed by atoms with Crippen LogP contribution >= 0.6 is 0 Å². The van der Waals surface area contributed by atoms with Crippen LogP contribution in [0.15, 0.2) is 43.0 Å². The van der Waals surface area contributed by atoms with Crippen LogP contribution in [0.5, 0.6) is 5.75 Å². The van der Waals surface area contributed by atoms with Gasteiger partial charge in [0.1, 0.15) is 11.8 Å². The molecule has 8 heteroatoms. The first-order valence-corrected chi connectivity index (χ1v) is 9.07. The maximum atomic E-state index is 12.4. The Bertz CT molecular complexity index is 975. The van der Waals surface area contributed by atoms with Crippen molar-refractivity contribution in [2.75, 3.05) is 25.5 Å². The Labute approximate surface area is 173 Å². The van der Waals surface area contributed by atoms with E-state index < -0.39 is 6.36 Å². The molecule has 0 unspecified atom stereocenters. The maximum absolute atomic E-state index is 12.4. The standard InChI is InChI=1S/C22H22F3N3O2/c1-5-20(29)27-11-10-16-12-18(14(2)21(28(3)4)19(16)13-26)15-6-8-17(9-7-15)30-22(23,24)25/h5-9,12H,1,10-11H2,2-4H3,(H,27,29). The third-order valence-electron chi connectivity index (χ3n) is 4.47. The minimum absolute atomic E-state index is 0.308. The fourth-order valence-corrected chi connectivity index (χ4v) is 3.23. The highest BCUT2D eigenvalue weighted by Crippen LogP contribution is 2.36. The molecule has 30 heavy (non-hydrogen) atoms. The second kappa shape index (κ2) is 9.35. The highest BCUT2D eigenvalue weighted by molar-refractivity contribution is 5.86. The number of anilines is 1. The third-order valence-corrected chi connectivity index (χ3v) is 4.47. The van der Waals surface area contributed by atoms with Gasteiger partial charge >= 0.3 is 6.36 Å². The van der Waals surface area contributed by atoms with Gasteiger partial charge in [-0.25, -0.2) is 0 Å². The van der Waals surface area contributed by atoms with Crippen LogP contribution in [0, 0.1) is 18.3 Å². The van der Waals surface area contributed by atoms with Gasteiger partial charge in [0.2, 0.25) is 5.91 Å². The first kappa shape index (κ1) is 22.8. The summed E-state index contributed by atoms with van der Waals surface area (Å²) in [6, 6.07) is 9.65. The summed E-state index contributed by atoms with van der Waals surface area (Å²) in [5, 5.41) is 12.4. The van der Waals surface area contributed by atoms with Crippen LogP contribution in [-0.4, -0.2) is 32.9 Å². The van der Waals surface area contributed by atoms with E-state index in [4.69, 9.17) is 0 Å². The Kier molecular flexibility index (Phi) is 7.11. The van der Waals surface area contributed by atoms with Gasteiger partial charge < -0.3 is 15.0 Å². The number of nitrogens with zero attached hydrogens (tertiary/aromatic N) is 2. The lowest BCUT2D eigenvalue weighted by Crippen LogP contribution is -2.24. The second-order valence-electron chi connectivity index (χ2n) is 6.76. The van der Waals surface area contributed by atoms with Gasteiger partial charge in [0.05, 0.1) is 11.3 Å². The minimum Gasteiger partial charge on any atom is -0.406 e. The van der Waals surface area contributed by atoms with Crippen LogP contribution in [0.1, 0.15) is 16.7 Å². The van der Waals surface area contributed by atoms with Gasteiger partial charge in [-0.2, -0.15) is 5.26 Å². The van der Waals surface area contributed by atoms with Crippen LogP contribution in [-0.2, 0) is 11.2 Å². The Balaban J connectivity index is 2.49. The Hall–Kier alpha value is -3.47. The summed E-state index contributed by atoms with van der Waals surface area (Å²) < 4.78 is 41.2. The number of ether oxygens (including phenoxy) is 1. The van der Waals surface area contributed by atoms with E-state index in [0.717, 1.165) is 22.4 Å². The van der Waals surface area contributed by atoms with Crippen molar-refractivity contribution in [3.05, 3.63) is 59.7 Å². The van der Waals surface area contributed by atoms with Crippen LogP contribution in [0.2, 0.25) is 0 Å². The highest BCUT2D eigenvalue weighted by Gasteiger charge is 2.31. The molecule has 0 saturated carbocycles. The number of carbonyl (C=O) groups is 1. The third kappa shape index (κ3) is 5.54. The number of halogens is 3. The van der Waals surface area contributed by atoms with Crippen molar-refractivity contribution in [3.63, 3.8) is 0 Å². The molecule has 2 rings (SSSR count). The molecule has 0 atom stereocenters. The molecular formula is C22H22F3N3O2. The van der Waals surface area contributed by atoms with E-state index in [1.807, 2.05) is 32.0 Å². The molecule has 0 spiro atoms. The van der Waals surface area contributed by atoms with Crippen molar-refractivity contribution in [3.8, 4) is 22.9 Å². The van der Waals surface area contributed by atoms with Gasteiger partial charge in [-0.3, -0.25) is 4.79 Å². The van der Waals surface area contributed by atoms with Crippen LogP contribution < -0.4 is 15.0 Å². The SMILES string of the molecule is C=CC(=O)NCCc1cc(-c2ccc(OC(F)(F)F)cc2)c(C)c(N(C)C)c1C#N. The van der Waals surface area contributed by atoms with Crippen molar-refractivity contribution in [2.45, 2.75) is 19.7 Å². The van der Waals surface area contributed by atoms with Crippen LogP contribution in [0.3, 0.4) is 0 Å².